The van der Waals surface area contributed by atoms with Gasteiger partial charge in [-0.1, -0.05) is 0 Å². The van der Waals surface area contributed by atoms with Gasteiger partial charge in [0.1, 0.15) is 11.1 Å². The van der Waals surface area contributed by atoms with Crippen LogP contribution in [0.15, 0.2) is 15.5 Å². The predicted octanol–water partition coefficient (Wildman–Crippen LogP) is 0.589. The van der Waals surface area contributed by atoms with E-state index in [2.05, 4.69) is 15.3 Å². The lowest BCUT2D eigenvalue weighted by molar-refractivity contribution is 0.0905. The number of amides is 1. The average molecular weight is 265 g/mol. The van der Waals surface area contributed by atoms with E-state index in [1.165, 1.54) is 6.33 Å². The highest BCUT2D eigenvalue weighted by molar-refractivity contribution is 6.06. The van der Waals surface area contributed by atoms with E-state index in [4.69, 9.17) is 9.15 Å². The Morgan fingerprint density at radius 2 is 2.37 bits per heavy atom. The molecule has 2 aromatic rings. The molecule has 102 valence electrons. The van der Waals surface area contributed by atoms with Gasteiger partial charge < -0.3 is 19.5 Å². The molecule has 0 aromatic carbocycles. The summed E-state index contributed by atoms with van der Waals surface area (Å²) in [6.07, 6.45) is 1.24. The summed E-state index contributed by atoms with van der Waals surface area (Å²) >= 11 is 0. The van der Waals surface area contributed by atoms with Gasteiger partial charge in [-0.05, 0) is 13.8 Å². The van der Waals surface area contributed by atoms with Crippen molar-refractivity contribution in [3.8, 4) is 0 Å². The molecule has 0 saturated heterocycles. The summed E-state index contributed by atoms with van der Waals surface area (Å²) in [6.45, 7) is 3.81. The van der Waals surface area contributed by atoms with Gasteiger partial charge in [0, 0.05) is 13.2 Å². The molecule has 19 heavy (non-hydrogen) atoms. The second-order valence-corrected chi connectivity index (χ2v) is 4.27. The van der Waals surface area contributed by atoms with E-state index in [1.807, 2.05) is 6.92 Å². The van der Waals surface area contributed by atoms with Crippen LogP contribution >= 0.6 is 0 Å². The number of hydrogen-bond acceptors (Lipinski definition) is 5. The van der Waals surface area contributed by atoms with E-state index < -0.39 is 5.56 Å². The first-order valence-electron chi connectivity index (χ1n) is 5.81. The maximum Gasteiger partial charge on any atom is 0.262 e. The molecule has 0 aliphatic heterocycles. The van der Waals surface area contributed by atoms with E-state index in [0.29, 0.717) is 12.4 Å². The van der Waals surface area contributed by atoms with Crippen molar-refractivity contribution in [2.45, 2.75) is 19.9 Å². The van der Waals surface area contributed by atoms with Crippen LogP contribution in [-0.2, 0) is 4.74 Å². The minimum atomic E-state index is -0.397. The lowest BCUT2D eigenvalue weighted by atomic mass is 10.1. The highest BCUT2D eigenvalue weighted by atomic mass is 16.5. The normalized spacial score (nSPS) is 12.6. The molecule has 7 heteroatoms. The van der Waals surface area contributed by atoms with Gasteiger partial charge in [-0.3, -0.25) is 9.59 Å². The lowest BCUT2D eigenvalue weighted by Gasteiger charge is -2.12. The minimum absolute atomic E-state index is 0.158. The van der Waals surface area contributed by atoms with Gasteiger partial charge in [0.05, 0.1) is 18.5 Å². The van der Waals surface area contributed by atoms with Crippen molar-refractivity contribution in [3.05, 3.63) is 28.0 Å². The van der Waals surface area contributed by atoms with Gasteiger partial charge in [-0.25, -0.2) is 4.98 Å². The molecule has 7 nitrogen and oxygen atoms in total. The summed E-state index contributed by atoms with van der Waals surface area (Å²) < 4.78 is 10.3. The molecule has 2 heterocycles. The molecule has 1 atom stereocenters. The molecule has 2 N–H and O–H groups in total. The Balaban J connectivity index is 2.42. The number of furan rings is 1. The molecule has 0 fully saturated rings. The maximum atomic E-state index is 12.2. The molecule has 0 spiro atoms. The number of aromatic amines is 1. The first kappa shape index (κ1) is 13.3. The van der Waals surface area contributed by atoms with Crippen LogP contribution < -0.4 is 10.9 Å². The van der Waals surface area contributed by atoms with Crippen LogP contribution in [0.5, 0.6) is 0 Å². The second kappa shape index (κ2) is 5.23. The Kier molecular flexibility index (Phi) is 3.66. The number of rotatable bonds is 4. The Labute approximate surface area is 109 Å². The minimum Gasteiger partial charge on any atom is -0.442 e. The second-order valence-electron chi connectivity index (χ2n) is 4.27. The van der Waals surface area contributed by atoms with Gasteiger partial charge >= 0.3 is 0 Å². The monoisotopic (exact) mass is 265 g/mol. The van der Waals surface area contributed by atoms with E-state index in [1.54, 1.807) is 14.0 Å². The number of nitrogens with one attached hydrogen (secondary N) is 2. The van der Waals surface area contributed by atoms with Crippen molar-refractivity contribution in [3.63, 3.8) is 0 Å². The van der Waals surface area contributed by atoms with Crippen LogP contribution in [0.1, 0.15) is 23.0 Å². The van der Waals surface area contributed by atoms with Crippen molar-refractivity contribution < 1.29 is 13.9 Å². The van der Waals surface area contributed by atoms with E-state index in [9.17, 15) is 9.59 Å². The van der Waals surface area contributed by atoms with Crippen LogP contribution in [0.2, 0.25) is 0 Å². The van der Waals surface area contributed by atoms with Crippen molar-refractivity contribution in [2.24, 2.45) is 0 Å². The van der Waals surface area contributed by atoms with Crippen molar-refractivity contribution in [1.82, 2.24) is 15.3 Å². The molecule has 0 aliphatic carbocycles. The topological polar surface area (TPSA) is 97.2 Å². The molecule has 0 unspecified atom stereocenters. The number of ether oxygens (including phenoxy) is 1. The molecular formula is C12H15N3O4. The number of nitrogens with zero attached hydrogens (tertiary/aromatic N) is 1. The Morgan fingerprint density at radius 1 is 1.63 bits per heavy atom. The largest absolute Gasteiger partial charge is 0.442 e. The van der Waals surface area contributed by atoms with Crippen LogP contribution in [0.3, 0.4) is 0 Å². The van der Waals surface area contributed by atoms with E-state index in [-0.39, 0.29) is 28.6 Å². The summed E-state index contributed by atoms with van der Waals surface area (Å²) in [5.74, 6) is -0.0133. The fourth-order valence-corrected chi connectivity index (χ4v) is 1.91. The third kappa shape index (κ3) is 2.50. The van der Waals surface area contributed by atoms with Gasteiger partial charge in [0.15, 0.2) is 0 Å². The van der Waals surface area contributed by atoms with Crippen molar-refractivity contribution >= 4 is 17.0 Å². The molecular weight excluding hydrogens is 250 g/mol. The number of methoxy groups -OCH3 is 1. The smallest absolute Gasteiger partial charge is 0.262 e. The Bertz CT molecular complexity index is 659. The lowest BCUT2D eigenvalue weighted by Crippen LogP contribution is -2.36. The zero-order valence-electron chi connectivity index (χ0n) is 10.9. The van der Waals surface area contributed by atoms with Gasteiger partial charge in [0.2, 0.25) is 5.71 Å². The van der Waals surface area contributed by atoms with Gasteiger partial charge in [-0.15, -0.1) is 0 Å². The fourth-order valence-electron chi connectivity index (χ4n) is 1.91. The highest BCUT2D eigenvalue weighted by Gasteiger charge is 2.22. The summed E-state index contributed by atoms with van der Waals surface area (Å²) in [4.78, 5) is 30.3. The third-order valence-corrected chi connectivity index (χ3v) is 2.69. The standard InChI is InChI=1S/C12H15N3O4/c1-6(4-18-3)15-11(17)8-7(2)19-12-9(8)10(16)13-5-14-12/h5-6H,4H2,1-3H3,(H,15,17)(H,13,14,16)/t6-/m1/s1. The fraction of sp³-hybridized carbons (Fsp3) is 0.417. The Hall–Kier alpha value is -2.15. The summed E-state index contributed by atoms with van der Waals surface area (Å²) in [5, 5.41) is 2.91. The number of H-pyrrole nitrogens is 1. The van der Waals surface area contributed by atoms with Crippen LogP contribution in [0.4, 0.5) is 0 Å². The van der Waals surface area contributed by atoms with Crippen LogP contribution in [0.25, 0.3) is 11.1 Å². The molecule has 2 aromatic heterocycles. The van der Waals surface area contributed by atoms with Crippen molar-refractivity contribution in [1.29, 1.82) is 0 Å². The number of hydrogen-bond donors (Lipinski definition) is 2. The first-order valence-corrected chi connectivity index (χ1v) is 5.81. The number of carbonyl (C=O) groups excluding carboxylic acids is 1. The SMILES string of the molecule is COC[C@@H](C)NC(=O)c1c(C)oc2nc[nH]c(=O)c12. The van der Waals surface area contributed by atoms with Crippen LogP contribution in [0, 0.1) is 6.92 Å². The van der Waals surface area contributed by atoms with Gasteiger partial charge in [-0.2, -0.15) is 0 Å². The zero-order valence-corrected chi connectivity index (χ0v) is 10.9. The summed E-state index contributed by atoms with van der Waals surface area (Å²) in [5.41, 5.74) is -0.0236. The average Bonchev–Trinajstić information content (AvgIpc) is 2.67. The summed E-state index contributed by atoms with van der Waals surface area (Å²) in [6, 6.07) is -0.169. The molecule has 2 rings (SSSR count). The highest BCUT2D eigenvalue weighted by Crippen LogP contribution is 2.20. The van der Waals surface area contributed by atoms with Crippen molar-refractivity contribution in [2.75, 3.05) is 13.7 Å². The molecule has 0 bridgehead atoms. The van der Waals surface area contributed by atoms with E-state index in [0.717, 1.165) is 0 Å². The molecule has 0 saturated carbocycles. The van der Waals surface area contributed by atoms with Gasteiger partial charge in [0.25, 0.3) is 11.5 Å². The predicted molar refractivity (Wildman–Crippen MR) is 68.2 cm³/mol. The number of aryl methyl sites for hydroxylation is 1. The first-order chi connectivity index (χ1) is 9.04. The van der Waals surface area contributed by atoms with E-state index >= 15 is 0 Å². The maximum absolute atomic E-state index is 12.2. The Morgan fingerprint density at radius 3 is 3.05 bits per heavy atom. The quantitative estimate of drug-likeness (QED) is 0.843. The zero-order chi connectivity index (χ0) is 14.0. The number of carbonyl (C=O) groups is 1. The molecule has 1 amide bonds. The number of aromatic nitrogens is 2. The molecule has 0 radical (unpaired) electrons. The van der Waals surface area contributed by atoms with Crippen LogP contribution in [-0.4, -0.2) is 35.6 Å². The summed E-state index contributed by atoms with van der Waals surface area (Å²) in [7, 11) is 1.55. The molecule has 0 aliphatic rings. The third-order valence-electron chi connectivity index (χ3n) is 2.69. The number of fused-ring (bicyclic) bond motifs is 1.